The summed E-state index contributed by atoms with van der Waals surface area (Å²) in [6.07, 6.45) is 2.68. The minimum absolute atomic E-state index is 0.0871. The van der Waals surface area contributed by atoms with E-state index in [-0.39, 0.29) is 6.54 Å². The molecule has 2 rings (SSSR count). The van der Waals surface area contributed by atoms with Gasteiger partial charge in [0.1, 0.15) is 0 Å². The van der Waals surface area contributed by atoms with E-state index in [1.165, 1.54) is 17.1 Å². The summed E-state index contributed by atoms with van der Waals surface area (Å²) in [4.78, 5) is 37.7. The molecule has 0 spiro atoms. The third kappa shape index (κ3) is 2.11. The molecule has 1 aliphatic carbocycles. The van der Waals surface area contributed by atoms with Gasteiger partial charge in [-0.1, -0.05) is 36.4 Å². The third-order valence-corrected chi connectivity index (χ3v) is 3.58. The van der Waals surface area contributed by atoms with Crippen LogP contribution in [0, 0.1) is 0 Å². The Morgan fingerprint density at radius 2 is 1.71 bits per heavy atom. The van der Waals surface area contributed by atoms with E-state index in [0.717, 1.165) is 0 Å². The van der Waals surface area contributed by atoms with Crippen molar-refractivity contribution in [1.82, 2.24) is 4.90 Å². The maximum atomic E-state index is 12.7. The van der Waals surface area contributed by atoms with Crippen LogP contribution in [-0.2, 0) is 4.79 Å². The van der Waals surface area contributed by atoms with Crippen LogP contribution in [0.15, 0.2) is 49.6 Å². The maximum Gasteiger partial charge on any atom is 0.317 e. The van der Waals surface area contributed by atoms with Gasteiger partial charge in [-0.25, -0.2) is 0 Å². The number of carbonyl (C=O) groups is 3. The first-order valence-corrected chi connectivity index (χ1v) is 6.39. The highest BCUT2D eigenvalue weighted by Gasteiger charge is 2.54. The standard InChI is InChI=1S/C16H15NO4/c1-3-9-17(10-13(18)19)16(4-2)14(20)11-7-5-6-8-12(11)15(16)21/h3-8H,1-2,9-10H2,(H,18,19). The molecule has 1 aromatic rings. The fourth-order valence-electron chi connectivity index (χ4n) is 2.65. The molecule has 108 valence electrons. The molecular formula is C16H15NO4. The van der Waals surface area contributed by atoms with Crippen molar-refractivity contribution >= 4 is 17.5 Å². The molecular weight excluding hydrogens is 270 g/mol. The van der Waals surface area contributed by atoms with Crippen LogP contribution in [0.2, 0.25) is 0 Å². The lowest BCUT2D eigenvalue weighted by atomic mass is 9.90. The summed E-state index contributed by atoms with van der Waals surface area (Å²) >= 11 is 0. The van der Waals surface area contributed by atoms with Crippen molar-refractivity contribution in [1.29, 1.82) is 0 Å². The topological polar surface area (TPSA) is 74.7 Å². The molecule has 0 saturated carbocycles. The summed E-state index contributed by atoms with van der Waals surface area (Å²) in [5.41, 5.74) is -1.08. The minimum atomic E-state index is -1.67. The van der Waals surface area contributed by atoms with E-state index < -0.39 is 29.6 Å². The van der Waals surface area contributed by atoms with E-state index in [1.54, 1.807) is 24.3 Å². The fourth-order valence-corrected chi connectivity index (χ4v) is 2.65. The molecule has 0 unspecified atom stereocenters. The number of hydrogen-bond donors (Lipinski definition) is 1. The Morgan fingerprint density at radius 1 is 1.19 bits per heavy atom. The first-order valence-electron chi connectivity index (χ1n) is 6.39. The zero-order valence-electron chi connectivity index (χ0n) is 11.4. The summed E-state index contributed by atoms with van der Waals surface area (Å²) in [6, 6.07) is 6.46. The molecule has 0 amide bonds. The fraction of sp³-hybridized carbons (Fsp3) is 0.188. The number of nitrogens with zero attached hydrogens (tertiary/aromatic N) is 1. The number of carbonyl (C=O) groups excluding carboxylic acids is 2. The van der Waals surface area contributed by atoms with Crippen molar-refractivity contribution in [3.8, 4) is 0 Å². The predicted octanol–water partition coefficient (Wildman–Crippen LogP) is 1.56. The average molecular weight is 285 g/mol. The average Bonchev–Trinajstić information content (AvgIpc) is 2.68. The van der Waals surface area contributed by atoms with E-state index in [0.29, 0.717) is 11.1 Å². The number of carboxylic acids is 1. The normalized spacial score (nSPS) is 15.9. The number of ketones is 2. The van der Waals surface area contributed by atoms with Gasteiger partial charge in [-0.3, -0.25) is 19.3 Å². The molecule has 5 nitrogen and oxygen atoms in total. The number of Topliss-reactive ketones (excluding diaryl/α,β-unsaturated/α-hetero) is 2. The Kier molecular flexibility index (Phi) is 3.86. The summed E-state index contributed by atoms with van der Waals surface area (Å²) in [6.45, 7) is 6.78. The lowest BCUT2D eigenvalue weighted by Crippen LogP contribution is -2.57. The quantitative estimate of drug-likeness (QED) is 0.634. The first kappa shape index (κ1) is 14.9. The van der Waals surface area contributed by atoms with E-state index in [2.05, 4.69) is 13.2 Å². The summed E-state index contributed by atoms with van der Waals surface area (Å²) in [7, 11) is 0. The Labute approximate surface area is 122 Å². The SMILES string of the molecule is C=CCN(CC(=O)O)C1(C=C)C(=O)c2ccccc2C1=O. The number of hydrogen-bond acceptors (Lipinski definition) is 4. The molecule has 1 aromatic carbocycles. The highest BCUT2D eigenvalue weighted by Crippen LogP contribution is 2.35. The number of aliphatic carboxylic acids is 1. The summed E-state index contributed by atoms with van der Waals surface area (Å²) in [5, 5.41) is 9.04. The summed E-state index contributed by atoms with van der Waals surface area (Å²) < 4.78 is 0. The van der Waals surface area contributed by atoms with Gasteiger partial charge >= 0.3 is 5.97 Å². The van der Waals surface area contributed by atoms with Crippen LogP contribution in [0.3, 0.4) is 0 Å². The molecule has 0 saturated heterocycles. The van der Waals surface area contributed by atoms with Gasteiger partial charge in [-0.2, -0.15) is 0 Å². The highest BCUT2D eigenvalue weighted by atomic mass is 16.4. The van der Waals surface area contributed by atoms with Gasteiger partial charge in [-0.05, 0) is 0 Å². The molecule has 0 bridgehead atoms. The molecule has 0 aromatic heterocycles. The molecule has 0 radical (unpaired) electrons. The van der Waals surface area contributed by atoms with Gasteiger partial charge in [0, 0.05) is 17.7 Å². The second-order valence-electron chi connectivity index (χ2n) is 4.74. The predicted molar refractivity (Wildman–Crippen MR) is 77.4 cm³/mol. The van der Waals surface area contributed by atoms with Crippen molar-refractivity contribution in [2.24, 2.45) is 0 Å². The van der Waals surface area contributed by atoms with Crippen LogP contribution in [0.1, 0.15) is 20.7 Å². The van der Waals surface area contributed by atoms with Gasteiger partial charge in [0.05, 0.1) is 6.54 Å². The first-order chi connectivity index (χ1) is 9.98. The number of fused-ring (bicyclic) bond motifs is 1. The Balaban J connectivity index is 2.58. The third-order valence-electron chi connectivity index (χ3n) is 3.58. The Morgan fingerprint density at radius 3 is 2.10 bits per heavy atom. The van der Waals surface area contributed by atoms with Crippen molar-refractivity contribution in [3.63, 3.8) is 0 Å². The number of rotatable bonds is 6. The zero-order chi connectivity index (χ0) is 15.6. The lowest BCUT2D eigenvalue weighted by Gasteiger charge is -2.34. The maximum absolute atomic E-state index is 12.7. The molecule has 0 aliphatic heterocycles. The van der Waals surface area contributed by atoms with Gasteiger partial charge in [0.2, 0.25) is 0 Å². The second-order valence-corrected chi connectivity index (χ2v) is 4.74. The minimum Gasteiger partial charge on any atom is -0.480 e. The van der Waals surface area contributed by atoms with Crippen LogP contribution in [0.5, 0.6) is 0 Å². The smallest absolute Gasteiger partial charge is 0.317 e. The van der Waals surface area contributed by atoms with Gasteiger partial charge in [0.15, 0.2) is 17.1 Å². The molecule has 1 aliphatic rings. The molecule has 5 heteroatoms. The number of carboxylic acid groups (broad SMARTS) is 1. The molecule has 0 fully saturated rings. The second kappa shape index (κ2) is 5.46. The monoisotopic (exact) mass is 285 g/mol. The lowest BCUT2D eigenvalue weighted by molar-refractivity contribution is -0.138. The summed E-state index contributed by atoms with van der Waals surface area (Å²) in [5.74, 6) is -2.02. The van der Waals surface area contributed by atoms with Crippen LogP contribution < -0.4 is 0 Å². The van der Waals surface area contributed by atoms with E-state index in [9.17, 15) is 14.4 Å². The van der Waals surface area contributed by atoms with Crippen molar-refractivity contribution < 1.29 is 19.5 Å². The number of benzene rings is 1. The van der Waals surface area contributed by atoms with Gasteiger partial charge < -0.3 is 5.11 Å². The Bertz CT molecular complexity index is 612. The van der Waals surface area contributed by atoms with E-state index in [1.807, 2.05) is 0 Å². The van der Waals surface area contributed by atoms with Crippen molar-refractivity contribution in [3.05, 3.63) is 60.7 Å². The molecule has 21 heavy (non-hydrogen) atoms. The van der Waals surface area contributed by atoms with Crippen molar-refractivity contribution in [2.45, 2.75) is 5.54 Å². The van der Waals surface area contributed by atoms with E-state index in [4.69, 9.17) is 5.11 Å². The molecule has 1 N–H and O–H groups in total. The van der Waals surface area contributed by atoms with Crippen LogP contribution >= 0.6 is 0 Å². The van der Waals surface area contributed by atoms with Crippen LogP contribution in [-0.4, -0.2) is 46.2 Å². The Hall–Kier alpha value is -2.53. The van der Waals surface area contributed by atoms with Crippen LogP contribution in [0.25, 0.3) is 0 Å². The largest absolute Gasteiger partial charge is 0.480 e. The highest BCUT2D eigenvalue weighted by molar-refractivity contribution is 6.34. The van der Waals surface area contributed by atoms with Gasteiger partial charge in [0.25, 0.3) is 0 Å². The zero-order valence-corrected chi connectivity index (χ0v) is 11.4. The molecule has 0 heterocycles. The van der Waals surface area contributed by atoms with Gasteiger partial charge in [-0.15, -0.1) is 13.2 Å². The van der Waals surface area contributed by atoms with E-state index >= 15 is 0 Å². The molecule has 0 atom stereocenters. The van der Waals surface area contributed by atoms with Crippen LogP contribution in [0.4, 0.5) is 0 Å². The van der Waals surface area contributed by atoms with Crippen molar-refractivity contribution in [2.75, 3.05) is 13.1 Å².